The van der Waals surface area contributed by atoms with Gasteiger partial charge in [-0.05, 0) is 62.6 Å². The number of ether oxygens (including phenoxy) is 1. The first kappa shape index (κ1) is 41.6. The summed E-state index contributed by atoms with van der Waals surface area (Å²) in [5.41, 5.74) is 0.932. The predicted octanol–water partition coefficient (Wildman–Crippen LogP) is 2.50. The van der Waals surface area contributed by atoms with Gasteiger partial charge in [0, 0.05) is 32.6 Å². The molecular formula is C41H60N6O6. The van der Waals surface area contributed by atoms with Gasteiger partial charge in [-0.2, -0.15) is 0 Å². The maximum atomic E-state index is 14.1. The van der Waals surface area contributed by atoms with Gasteiger partial charge in [-0.3, -0.25) is 28.9 Å². The first-order valence-corrected chi connectivity index (χ1v) is 19.1. The number of Topliss-reactive ketones (excluding diaryl/α,β-unsaturated/α-hetero) is 1. The molecule has 2 unspecified atom stereocenters. The number of piperazine rings is 1. The van der Waals surface area contributed by atoms with Gasteiger partial charge in [-0.15, -0.1) is 0 Å². The fourth-order valence-corrected chi connectivity index (χ4v) is 6.57. The molecular weight excluding hydrogens is 672 g/mol. The zero-order chi connectivity index (χ0) is 38.5. The molecule has 0 spiro atoms. The van der Waals surface area contributed by atoms with Crippen molar-refractivity contribution in [3.63, 3.8) is 0 Å². The molecule has 0 bridgehead atoms. The van der Waals surface area contributed by atoms with Gasteiger partial charge in [0.2, 0.25) is 23.6 Å². The average Bonchev–Trinajstić information content (AvgIpc) is 3.88. The molecule has 4 rings (SSSR count). The van der Waals surface area contributed by atoms with Gasteiger partial charge in [0.25, 0.3) is 0 Å². The van der Waals surface area contributed by atoms with Crippen LogP contribution in [0.15, 0.2) is 60.7 Å². The van der Waals surface area contributed by atoms with Crippen LogP contribution >= 0.6 is 0 Å². The molecule has 2 saturated heterocycles. The molecule has 0 radical (unpaired) electrons. The van der Waals surface area contributed by atoms with Crippen LogP contribution in [-0.4, -0.2) is 115 Å². The van der Waals surface area contributed by atoms with Crippen LogP contribution < -0.4 is 21.3 Å². The van der Waals surface area contributed by atoms with Crippen LogP contribution in [0.25, 0.3) is 0 Å². The van der Waals surface area contributed by atoms with Gasteiger partial charge in [0.1, 0.15) is 23.7 Å². The highest BCUT2D eigenvalue weighted by atomic mass is 16.6. The van der Waals surface area contributed by atoms with Crippen LogP contribution in [0.5, 0.6) is 0 Å². The molecule has 290 valence electrons. The molecule has 2 fully saturated rings. The van der Waals surface area contributed by atoms with E-state index in [1.165, 1.54) is 0 Å². The van der Waals surface area contributed by atoms with Crippen LogP contribution in [0.1, 0.15) is 65.0 Å². The number of carbonyl (C=O) groups excluding carboxylic acids is 5. The molecule has 4 N–H and O–H groups in total. The van der Waals surface area contributed by atoms with Crippen LogP contribution in [0.3, 0.4) is 0 Å². The summed E-state index contributed by atoms with van der Waals surface area (Å²) >= 11 is 0. The number of nitrogens with one attached hydrogen (secondary N) is 4. The third-order valence-corrected chi connectivity index (χ3v) is 9.87. The van der Waals surface area contributed by atoms with E-state index in [0.717, 1.165) is 37.3 Å². The summed E-state index contributed by atoms with van der Waals surface area (Å²) in [6.45, 7) is 13.3. The molecule has 4 amide bonds. The summed E-state index contributed by atoms with van der Waals surface area (Å²) in [6.07, 6.45) is 1.80. The lowest BCUT2D eigenvalue weighted by molar-refractivity contribution is -0.135. The number of carbonyl (C=O) groups is 5. The topological polar surface area (TPSA) is 152 Å². The van der Waals surface area contributed by atoms with Crippen molar-refractivity contribution in [1.82, 2.24) is 31.1 Å². The molecule has 0 aliphatic carbocycles. The molecule has 53 heavy (non-hydrogen) atoms. The summed E-state index contributed by atoms with van der Waals surface area (Å²) in [5, 5.41) is 11.7. The monoisotopic (exact) mass is 732 g/mol. The van der Waals surface area contributed by atoms with Gasteiger partial charge in [-0.25, -0.2) is 0 Å². The third-order valence-electron chi connectivity index (χ3n) is 9.87. The van der Waals surface area contributed by atoms with Crippen molar-refractivity contribution >= 4 is 29.4 Å². The standard InChI is InChI=1S/C41H60N6O6/c1-28(2)23-33(37(49)41(5)27-53-41)43-40(52)35(25-31-15-11-8-12-16-31)45-39(51)34(24-29(3)4)44-38(50)32(18-17-30-13-9-7-10-14-30)42-36(48)26-47-21-19-46(6)20-22-47/h7-16,28-29,32-35H,17-27H2,1-6H3,(H,42,48)(H,43,52)(H,44,50)(H,45,51)/t32-,33-,34?,35?,41+/m0/s1. The van der Waals surface area contributed by atoms with E-state index in [9.17, 15) is 24.0 Å². The summed E-state index contributed by atoms with van der Waals surface area (Å²) in [6, 6.07) is 15.4. The molecule has 2 aromatic carbocycles. The highest BCUT2D eigenvalue weighted by molar-refractivity contribution is 5.98. The molecule has 2 heterocycles. The molecule has 2 aliphatic heterocycles. The molecule has 0 saturated carbocycles. The number of hydrogen-bond acceptors (Lipinski definition) is 8. The smallest absolute Gasteiger partial charge is 0.243 e. The van der Waals surface area contributed by atoms with Crippen molar-refractivity contribution in [2.45, 2.75) is 96.5 Å². The number of aryl methyl sites for hydroxylation is 1. The van der Waals surface area contributed by atoms with Crippen molar-refractivity contribution < 1.29 is 28.7 Å². The second-order valence-electron chi connectivity index (χ2n) is 15.7. The van der Waals surface area contributed by atoms with Crippen LogP contribution in [-0.2, 0) is 41.6 Å². The molecule has 12 nitrogen and oxygen atoms in total. The quantitative estimate of drug-likeness (QED) is 0.152. The zero-order valence-corrected chi connectivity index (χ0v) is 32.4. The van der Waals surface area contributed by atoms with Gasteiger partial charge in [0.05, 0.1) is 19.2 Å². The van der Waals surface area contributed by atoms with Gasteiger partial charge in [-0.1, -0.05) is 88.4 Å². The van der Waals surface area contributed by atoms with Gasteiger partial charge < -0.3 is 30.9 Å². The van der Waals surface area contributed by atoms with Gasteiger partial charge >= 0.3 is 0 Å². The van der Waals surface area contributed by atoms with E-state index >= 15 is 0 Å². The fraction of sp³-hybridized carbons (Fsp3) is 0.585. The first-order valence-electron chi connectivity index (χ1n) is 19.1. The second-order valence-corrected chi connectivity index (χ2v) is 15.7. The number of nitrogens with zero attached hydrogens (tertiary/aromatic N) is 2. The number of likely N-dealkylation sites (N-methyl/N-ethyl adjacent to an activating group) is 1. The minimum absolute atomic E-state index is 0.0226. The normalized spacial score (nSPS) is 19.8. The fourth-order valence-electron chi connectivity index (χ4n) is 6.57. The van der Waals surface area contributed by atoms with Crippen molar-refractivity contribution in [3.05, 3.63) is 71.8 Å². The molecule has 5 atom stereocenters. The summed E-state index contributed by atoms with van der Waals surface area (Å²) < 4.78 is 5.41. The van der Waals surface area contributed by atoms with E-state index in [4.69, 9.17) is 4.74 Å². The zero-order valence-electron chi connectivity index (χ0n) is 32.4. The van der Waals surface area contributed by atoms with Crippen molar-refractivity contribution in [3.8, 4) is 0 Å². The Kier molecular flexibility index (Phi) is 15.6. The minimum atomic E-state index is -1.02. The molecule has 2 aromatic rings. The Balaban J connectivity index is 1.51. The minimum Gasteiger partial charge on any atom is -0.361 e. The van der Waals surface area contributed by atoms with E-state index in [1.54, 1.807) is 6.92 Å². The SMILES string of the molecule is CC(C)CC(NC(=O)[C@H](CCc1ccccc1)NC(=O)CN1CCN(C)CC1)C(=O)NC(Cc1ccccc1)C(=O)N[C@@H](CC(C)C)C(=O)[C@@]1(C)CO1. The lowest BCUT2D eigenvalue weighted by Crippen LogP contribution is -2.59. The number of benzene rings is 2. The first-order chi connectivity index (χ1) is 25.2. The Labute approximate surface area is 315 Å². The number of ketones is 1. The summed E-state index contributed by atoms with van der Waals surface area (Å²) in [5.74, 6) is -1.76. The Hall–Kier alpha value is -4.13. The number of rotatable bonds is 20. The highest BCUT2D eigenvalue weighted by Crippen LogP contribution is 2.29. The Morgan fingerprint density at radius 1 is 0.679 bits per heavy atom. The average molecular weight is 733 g/mol. The Bertz CT molecular complexity index is 1510. The summed E-state index contributed by atoms with van der Waals surface area (Å²) in [4.78, 5) is 73.0. The third kappa shape index (κ3) is 13.7. The lowest BCUT2D eigenvalue weighted by atomic mass is 9.93. The molecule has 0 aromatic heterocycles. The van der Waals surface area contributed by atoms with Crippen molar-refractivity contribution in [2.24, 2.45) is 11.8 Å². The van der Waals surface area contributed by atoms with E-state index in [1.807, 2.05) is 88.4 Å². The lowest BCUT2D eigenvalue weighted by Gasteiger charge is -2.32. The number of amides is 4. The van der Waals surface area contributed by atoms with E-state index < -0.39 is 47.5 Å². The van der Waals surface area contributed by atoms with Crippen LogP contribution in [0, 0.1) is 11.8 Å². The highest BCUT2D eigenvalue weighted by Gasteiger charge is 2.50. The van der Waals surface area contributed by atoms with E-state index in [-0.39, 0.29) is 36.5 Å². The maximum absolute atomic E-state index is 14.1. The summed E-state index contributed by atoms with van der Waals surface area (Å²) in [7, 11) is 2.05. The van der Waals surface area contributed by atoms with E-state index in [2.05, 4.69) is 38.1 Å². The van der Waals surface area contributed by atoms with Crippen molar-refractivity contribution in [1.29, 1.82) is 0 Å². The van der Waals surface area contributed by atoms with E-state index in [0.29, 0.717) is 32.3 Å². The van der Waals surface area contributed by atoms with Crippen LogP contribution in [0.4, 0.5) is 0 Å². The number of hydrogen-bond donors (Lipinski definition) is 4. The van der Waals surface area contributed by atoms with Crippen molar-refractivity contribution in [2.75, 3.05) is 46.4 Å². The van der Waals surface area contributed by atoms with Crippen LogP contribution in [0.2, 0.25) is 0 Å². The second kappa shape index (κ2) is 19.8. The Morgan fingerprint density at radius 2 is 1.17 bits per heavy atom. The predicted molar refractivity (Wildman–Crippen MR) is 205 cm³/mol. The molecule has 12 heteroatoms. The Morgan fingerprint density at radius 3 is 1.74 bits per heavy atom. The molecule has 2 aliphatic rings. The maximum Gasteiger partial charge on any atom is 0.243 e. The number of epoxide rings is 1. The largest absolute Gasteiger partial charge is 0.361 e. The van der Waals surface area contributed by atoms with Gasteiger partial charge in [0.15, 0.2) is 5.78 Å².